The summed E-state index contributed by atoms with van der Waals surface area (Å²) in [6.45, 7) is 4.39. The zero-order valence-corrected chi connectivity index (χ0v) is 20.4. The standard InChI is InChI=1S/C30H40F2O/c1-3-5-6-22-10-14-27-20-26(16-15-25(27)19-22)23-11-7-21(8-12-23)9-13-24-17-18-28(33-4-2)30(32)29(24)31/h7-8,11-12,17-18,22,25-27H,3-6,9-10,13-16,19-20H2,1-2H3. The zero-order valence-electron chi connectivity index (χ0n) is 20.4. The summed E-state index contributed by atoms with van der Waals surface area (Å²) in [5.41, 5.74) is 3.05. The Morgan fingerprint density at radius 3 is 2.33 bits per heavy atom. The lowest BCUT2D eigenvalue weighted by molar-refractivity contribution is 0.113. The van der Waals surface area contributed by atoms with Gasteiger partial charge in [-0.05, 0) is 98.3 Å². The molecule has 0 heterocycles. The van der Waals surface area contributed by atoms with Gasteiger partial charge in [-0.2, -0.15) is 4.39 Å². The maximum absolute atomic E-state index is 14.4. The van der Waals surface area contributed by atoms with Crippen LogP contribution in [0.1, 0.15) is 94.2 Å². The molecule has 1 nitrogen and oxygen atoms in total. The third-order valence-corrected chi connectivity index (χ3v) is 8.25. The van der Waals surface area contributed by atoms with Gasteiger partial charge >= 0.3 is 0 Å². The molecule has 3 heteroatoms. The number of unbranched alkanes of at least 4 members (excludes halogenated alkanes) is 1. The molecule has 4 rings (SSSR count). The van der Waals surface area contributed by atoms with E-state index in [9.17, 15) is 8.78 Å². The SMILES string of the molecule is CCCCC1CCC2CC(c3ccc(CCc4ccc(OCC)c(F)c4F)cc3)CCC2C1. The number of hydrogen-bond acceptors (Lipinski definition) is 1. The fourth-order valence-electron chi connectivity index (χ4n) is 6.31. The Labute approximate surface area is 198 Å². The molecule has 4 unspecified atom stereocenters. The minimum atomic E-state index is -0.875. The Morgan fingerprint density at radius 2 is 1.58 bits per heavy atom. The summed E-state index contributed by atoms with van der Waals surface area (Å²) >= 11 is 0. The van der Waals surface area contributed by atoms with Gasteiger partial charge in [-0.3, -0.25) is 0 Å². The van der Waals surface area contributed by atoms with Crippen molar-refractivity contribution in [3.63, 3.8) is 0 Å². The van der Waals surface area contributed by atoms with Gasteiger partial charge in [0, 0.05) is 0 Å². The fourth-order valence-corrected chi connectivity index (χ4v) is 6.31. The molecule has 2 saturated carbocycles. The largest absolute Gasteiger partial charge is 0.491 e. The van der Waals surface area contributed by atoms with Crippen molar-refractivity contribution in [2.45, 2.75) is 90.4 Å². The van der Waals surface area contributed by atoms with Crippen LogP contribution in [0.5, 0.6) is 5.75 Å². The first-order valence-electron chi connectivity index (χ1n) is 13.3. The van der Waals surface area contributed by atoms with E-state index in [4.69, 9.17) is 4.74 Å². The molecule has 0 radical (unpaired) electrons. The molecule has 2 aliphatic rings. The molecule has 2 fully saturated rings. The second kappa shape index (κ2) is 11.5. The number of benzene rings is 2. The van der Waals surface area contributed by atoms with Gasteiger partial charge in [0.1, 0.15) is 0 Å². The second-order valence-corrected chi connectivity index (χ2v) is 10.4. The topological polar surface area (TPSA) is 9.23 Å². The molecule has 2 aromatic rings. The quantitative estimate of drug-likeness (QED) is 0.368. The van der Waals surface area contributed by atoms with Crippen molar-refractivity contribution in [3.8, 4) is 5.75 Å². The summed E-state index contributed by atoms with van der Waals surface area (Å²) in [5.74, 6) is 1.88. The van der Waals surface area contributed by atoms with E-state index in [1.165, 1.54) is 75.0 Å². The molecule has 2 aliphatic carbocycles. The predicted octanol–water partition coefficient (Wildman–Crippen LogP) is 8.64. The minimum Gasteiger partial charge on any atom is -0.491 e. The lowest BCUT2D eigenvalue weighted by Gasteiger charge is -2.42. The fraction of sp³-hybridized carbons (Fsp3) is 0.600. The Bertz CT molecular complexity index is 891. The van der Waals surface area contributed by atoms with Crippen LogP contribution >= 0.6 is 0 Å². The Kier molecular flexibility index (Phi) is 8.44. The van der Waals surface area contributed by atoms with Gasteiger partial charge in [-0.25, -0.2) is 4.39 Å². The summed E-state index contributed by atoms with van der Waals surface area (Å²) < 4.78 is 33.6. The van der Waals surface area contributed by atoms with Crippen LogP contribution in [0.4, 0.5) is 8.78 Å². The van der Waals surface area contributed by atoms with Crippen LogP contribution in [0.15, 0.2) is 36.4 Å². The number of hydrogen-bond donors (Lipinski definition) is 0. The monoisotopic (exact) mass is 454 g/mol. The van der Waals surface area contributed by atoms with Gasteiger partial charge in [0.05, 0.1) is 6.61 Å². The zero-order chi connectivity index (χ0) is 23.2. The van der Waals surface area contributed by atoms with E-state index >= 15 is 0 Å². The first-order chi connectivity index (χ1) is 16.1. The van der Waals surface area contributed by atoms with Gasteiger partial charge in [0.25, 0.3) is 0 Å². The van der Waals surface area contributed by atoms with E-state index < -0.39 is 11.6 Å². The summed E-state index contributed by atoms with van der Waals surface area (Å²) in [7, 11) is 0. The second-order valence-electron chi connectivity index (χ2n) is 10.4. The minimum absolute atomic E-state index is 0.00716. The summed E-state index contributed by atoms with van der Waals surface area (Å²) in [6.07, 6.45) is 13.8. The van der Waals surface area contributed by atoms with Gasteiger partial charge in [-0.1, -0.05) is 62.9 Å². The summed E-state index contributed by atoms with van der Waals surface area (Å²) in [6, 6.07) is 12.1. The average Bonchev–Trinajstić information content (AvgIpc) is 2.85. The molecule has 180 valence electrons. The van der Waals surface area contributed by atoms with Crippen molar-refractivity contribution in [3.05, 3.63) is 64.7 Å². The summed E-state index contributed by atoms with van der Waals surface area (Å²) in [5, 5.41) is 0. The van der Waals surface area contributed by atoms with Crippen LogP contribution < -0.4 is 4.74 Å². The van der Waals surface area contributed by atoms with Crippen LogP contribution in [-0.2, 0) is 12.8 Å². The number of halogens is 2. The summed E-state index contributed by atoms with van der Waals surface area (Å²) in [4.78, 5) is 0. The van der Waals surface area contributed by atoms with E-state index in [0.29, 0.717) is 30.9 Å². The van der Waals surface area contributed by atoms with Crippen molar-refractivity contribution in [1.82, 2.24) is 0 Å². The predicted molar refractivity (Wildman–Crippen MR) is 132 cm³/mol. The van der Waals surface area contributed by atoms with Gasteiger partial charge in [0.2, 0.25) is 5.82 Å². The highest BCUT2D eigenvalue weighted by atomic mass is 19.2. The highest BCUT2D eigenvalue weighted by Gasteiger charge is 2.35. The molecule has 0 aromatic heterocycles. The maximum atomic E-state index is 14.4. The number of rotatable bonds is 9. The van der Waals surface area contributed by atoms with Crippen molar-refractivity contribution < 1.29 is 13.5 Å². The van der Waals surface area contributed by atoms with Crippen molar-refractivity contribution in [1.29, 1.82) is 0 Å². The first kappa shape index (κ1) is 24.2. The van der Waals surface area contributed by atoms with E-state index in [0.717, 1.165) is 17.8 Å². The van der Waals surface area contributed by atoms with Crippen LogP contribution in [0.25, 0.3) is 0 Å². The lowest BCUT2D eigenvalue weighted by atomic mass is 9.63. The molecule has 0 aliphatic heterocycles. The highest BCUT2D eigenvalue weighted by molar-refractivity contribution is 5.32. The van der Waals surface area contributed by atoms with Crippen LogP contribution in [0.2, 0.25) is 0 Å². The first-order valence-corrected chi connectivity index (χ1v) is 13.3. The van der Waals surface area contributed by atoms with E-state index in [1.54, 1.807) is 13.0 Å². The van der Waals surface area contributed by atoms with Crippen LogP contribution in [0, 0.1) is 29.4 Å². The molecule has 0 spiro atoms. The van der Waals surface area contributed by atoms with E-state index in [-0.39, 0.29) is 5.75 Å². The van der Waals surface area contributed by atoms with Gasteiger partial charge in [-0.15, -0.1) is 0 Å². The van der Waals surface area contributed by atoms with Crippen molar-refractivity contribution in [2.24, 2.45) is 17.8 Å². The average molecular weight is 455 g/mol. The number of ether oxygens (including phenoxy) is 1. The third kappa shape index (κ3) is 5.97. The molecule has 0 amide bonds. The molecule has 0 saturated heterocycles. The molecule has 33 heavy (non-hydrogen) atoms. The van der Waals surface area contributed by atoms with Crippen LogP contribution in [-0.4, -0.2) is 6.61 Å². The Balaban J connectivity index is 1.30. The van der Waals surface area contributed by atoms with Crippen LogP contribution in [0.3, 0.4) is 0 Å². The smallest absolute Gasteiger partial charge is 0.200 e. The number of aryl methyl sites for hydroxylation is 2. The molecule has 0 bridgehead atoms. The van der Waals surface area contributed by atoms with Gasteiger partial charge in [0.15, 0.2) is 11.6 Å². The molecule has 4 atom stereocenters. The van der Waals surface area contributed by atoms with E-state index in [1.807, 2.05) is 0 Å². The van der Waals surface area contributed by atoms with Gasteiger partial charge < -0.3 is 4.74 Å². The Hall–Kier alpha value is -1.90. The van der Waals surface area contributed by atoms with Crippen molar-refractivity contribution >= 4 is 0 Å². The van der Waals surface area contributed by atoms with Crippen molar-refractivity contribution in [2.75, 3.05) is 6.61 Å². The normalized spacial score (nSPS) is 25.0. The highest BCUT2D eigenvalue weighted by Crippen LogP contribution is 2.48. The lowest BCUT2D eigenvalue weighted by Crippen LogP contribution is -2.30. The molecular weight excluding hydrogens is 414 g/mol. The molecular formula is C30H40F2O. The molecule has 2 aromatic carbocycles. The van der Waals surface area contributed by atoms with E-state index in [2.05, 4.69) is 31.2 Å². The third-order valence-electron chi connectivity index (χ3n) is 8.25. The maximum Gasteiger partial charge on any atom is 0.200 e. The Morgan fingerprint density at radius 1 is 0.818 bits per heavy atom. The molecule has 0 N–H and O–H groups in total. The number of fused-ring (bicyclic) bond motifs is 1.